The summed E-state index contributed by atoms with van der Waals surface area (Å²) in [5, 5.41) is 5.53. The Hall–Kier alpha value is -0.570. The molecule has 3 heteroatoms. The molecule has 7 heavy (non-hydrogen) atoms. The largest absolute Gasteiger partial charge is 0.307 e. The van der Waals surface area contributed by atoms with Crippen molar-refractivity contribution in [3.05, 3.63) is 16.4 Å². The Kier molecular flexibility index (Phi) is 0.982. The summed E-state index contributed by atoms with van der Waals surface area (Å²) in [6.07, 6.45) is 1.84. The molecule has 1 aromatic rings. The number of hydrogen-bond donors (Lipinski definition) is 2. The van der Waals surface area contributed by atoms with Crippen LogP contribution >= 0.6 is 12.2 Å². The molecular formula is C4H6N2S. The summed E-state index contributed by atoms with van der Waals surface area (Å²) in [7, 11) is 0. The lowest BCUT2D eigenvalue weighted by Gasteiger charge is -1.67. The third-order valence-corrected chi connectivity index (χ3v) is 1.26. The molecule has 0 unspecified atom stereocenters. The highest BCUT2D eigenvalue weighted by Crippen LogP contribution is 1.91. The second-order valence-electron chi connectivity index (χ2n) is 1.43. The third kappa shape index (κ3) is 0.718. The maximum Gasteiger partial charge on any atom is 0.122 e. The van der Waals surface area contributed by atoms with Crippen molar-refractivity contribution >= 4 is 12.2 Å². The molecule has 0 aliphatic rings. The molecule has 0 aromatic carbocycles. The molecule has 1 heterocycles. The molecule has 0 radical (unpaired) electrons. The van der Waals surface area contributed by atoms with Gasteiger partial charge in [-0.3, -0.25) is 5.10 Å². The van der Waals surface area contributed by atoms with Crippen molar-refractivity contribution in [2.24, 2.45) is 0 Å². The fourth-order valence-electron chi connectivity index (χ4n) is 0.374. The fourth-order valence-corrected chi connectivity index (χ4v) is 0.492. The average Bonchev–Trinajstić information content (AvgIpc) is 1.91. The molecule has 1 aromatic heterocycles. The Bertz CT molecular complexity index is 197. The van der Waals surface area contributed by atoms with Gasteiger partial charge in [-0.05, 0) is 6.92 Å². The normalized spacial score (nSPS) is 9.29. The minimum Gasteiger partial charge on any atom is -0.307 e. The lowest BCUT2D eigenvalue weighted by atomic mass is 10.4. The van der Waals surface area contributed by atoms with Crippen molar-refractivity contribution in [1.82, 2.24) is 10.2 Å². The van der Waals surface area contributed by atoms with E-state index in [2.05, 4.69) is 10.2 Å². The van der Waals surface area contributed by atoms with Crippen molar-refractivity contribution in [2.45, 2.75) is 6.92 Å². The zero-order chi connectivity index (χ0) is 5.28. The van der Waals surface area contributed by atoms with Crippen LogP contribution in [0.1, 0.15) is 5.56 Å². The average molecular weight is 114 g/mol. The molecule has 0 fully saturated rings. The van der Waals surface area contributed by atoms with Gasteiger partial charge in [0.2, 0.25) is 0 Å². The summed E-state index contributed by atoms with van der Waals surface area (Å²) in [5.74, 6) is 0. The Morgan fingerprint density at radius 2 is 2.43 bits per heavy atom. The molecular weight excluding hydrogens is 108 g/mol. The number of nitrogens with one attached hydrogen (secondary N) is 2. The van der Waals surface area contributed by atoms with Crippen LogP contribution in [0.15, 0.2) is 6.20 Å². The van der Waals surface area contributed by atoms with E-state index in [1.807, 2.05) is 13.1 Å². The Labute approximate surface area is 46.6 Å². The van der Waals surface area contributed by atoms with Crippen LogP contribution in [0.5, 0.6) is 0 Å². The van der Waals surface area contributed by atoms with Crippen molar-refractivity contribution in [3.8, 4) is 0 Å². The number of hydrogen-bond acceptors (Lipinski definition) is 1. The highest BCUT2D eigenvalue weighted by molar-refractivity contribution is 7.71. The summed E-state index contributed by atoms with van der Waals surface area (Å²) in [6.45, 7) is 1.95. The molecule has 0 aliphatic carbocycles. The van der Waals surface area contributed by atoms with Gasteiger partial charge in [0.1, 0.15) is 4.64 Å². The van der Waals surface area contributed by atoms with Gasteiger partial charge in [0.05, 0.1) is 0 Å². The second-order valence-corrected chi connectivity index (χ2v) is 1.83. The van der Waals surface area contributed by atoms with Crippen LogP contribution in [-0.4, -0.2) is 10.2 Å². The highest BCUT2D eigenvalue weighted by atomic mass is 32.1. The predicted molar refractivity (Wildman–Crippen MR) is 30.7 cm³/mol. The summed E-state index contributed by atoms with van der Waals surface area (Å²) >= 11 is 4.80. The molecule has 0 amide bonds. The Morgan fingerprint density at radius 1 is 1.71 bits per heavy atom. The summed E-state index contributed by atoms with van der Waals surface area (Å²) in [6, 6.07) is 0. The molecule has 0 aliphatic heterocycles. The minimum atomic E-state index is 0.792. The smallest absolute Gasteiger partial charge is 0.122 e. The van der Waals surface area contributed by atoms with E-state index in [0.29, 0.717) is 0 Å². The standard InChI is InChI=1S/C4H6N2S/c1-3-2-5-6-4(3)7/h2H,1H3,(H2,5,6,7). The lowest BCUT2D eigenvalue weighted by Crippen LogP contribution is -1.60. The van der Waals surface area contributed by atoms with Crippen molar-refractivity contribution in [1.29, 1.82) is 0 Å². The first-order valence-electron chi connectivity index (χ1n) is 2.03. The lowest BCUT2D eigenvalue weighted by molar-refractivity contribution is 1.08. The Balaban J connectivity index is 3.39. The molecule has 0 spiro atoms. The van der Waals surface area contributed by atoms with E-state index >= 15 is 0 Å². The fraction of sp³-hybridized carbons (Fsp3) is 0.250. The van der Waals surface area contributed by atoms with Crippen molar-refractivity contribution < 1.29 is 0 Å². The van der Waals surface area contributed by atoms with Gasteiger partial charge in [-0.1, -0.05) is 12.2 Å². The van der Waals surface area contributed by atoms with Crippen LogP contribution in [0, 0.1) is 11.6 Å². The maximum absolute atomic E-state index is 4.80. The maximum atomic E-state index is 4.80. The van der Waals surface area contributed by atoms with Crippen LogP contribution in [-0.2, 0) is 0 Å². The van der Waals surface area contributed by atoms with Crippen molar-refractivity contribution in [3.63, 3.8) is 0 Å². The zero-order valence-electron chi connectivity index (χ0n) is 3.99. The highest BCUT2D eigenvalue weighted by Gasteiger charge is 1.81. The van der Waals surface area contributed by atoms with E-state index < -0.39 is 0 Å². The monoisotopic (exact) mass is 114 g/mol. The second kappa shape index (κ2) is 1.50. The van der Waals surface area contributed by atoms with E-state index in [0.717, 1.165) is 10.2 Å². The number of rotatable bonds is 0. The quantitative estimate of drug-likeness (QED) is 0.490. The predicted octanol–water partition coefficient (Wildman–Crippen LogP) is 1.38. The van der Waals surface area contributed by atoms with Crippen LogP contribution in [0.3, 0.4) is 0 Å². The van der Waals surface area contributed by atoms with E-state index in [1.54, 1.807) is 0 Å². The van der Waals surface area contributed by atoms with Crippen LogP contribution in [0.25, 0.3) is 0 Å². The SMILES string of the molecule is Cc1c[nH][nH]c1=S. The summed E-state index contributed by atoms with van der Waals surface area (Å²) in [5.41, 5.74) is 1.09. The number of H-pyrrole nitrogens is 2. The van der Waals surface area contributed by atoms with E-state index in [9.17, 15) is 0 Å². The topological polar surface area (TPSA) is 31.6 Å². The van der Waals surface area contributed by atoms with E-state index in [4.69, 9.17) is 12.2 Å². The van der Waals surface area contributed by atoms with Gasteiger partial charge in [0.15, 0.2) is 0 Å². The van der Waals surface area contributed by atoms with Gasteiger partial charge in [-0.25, -0.2) is 0 Å². The molecule has 0 atom stereocenters. The van der Waals surface area contributed by atoms with E-state index in [-0.39, 0.29) is 0 Å². The first-order valence-corrected chi connectivity index (χ1v) is 2.44. The number of aryl methyl sites for hydroxylation is 1. The number of aromatic nitrogens is 2. The van der Waals surface area contributed by atoms with Gasteiger partial charge < -0.3 is 5.10 Å². The van der Waals surface area contributed by atoms with Gasteiger partial charge >= 0.3 is 0 Å². The summed E-state index contributed by atoms with van der Waals surface area (Å²) < 4.78 is 0.792. The molecule has 0 saturated carbocycles. The zero-order valence-corrected chi connectivity index (χ0v) is 4.80. The molecule has 2 nitrogen and oxygen atoms in total. The van der Waals surface area contributed by atoms with Gasteiger partial charge in [-0.15, -0.1) is 0 Å². The van der Waals surface area contributed by atoms with Crippen LogP contribution in [0.4, 0.5) is 0 Å². The molecule has 2 N–H and O–H groups in total. The molecule has 38 valence electrons. The van der Waals surface area contributed by atoms with Gasteiger partial charge in [0, 0.05) is 11.8 Å². The van der Waals surface area contributed by atoms with Crippen molar-refractivity contribution in [2.75, 3.05) is 0 Å². The minimum absolute atomic E-state index is 0.792. The first-order chi connectivity index (χ1) is 3.30. The van der Waals surface area contributed by atoms with Gasteiger partial charge in [-0.2, -0.15) is 0 Å². The molecule has 0 bridgehead atoms. The Morgan fingerprint density at radius 3 is 2.57 bits per heavy atom. The number of aromatic amines is 2. The molecule has 1 rings (SSSR count). The summed E-state index contributed by atoms with van der Waals surface area (Å²) in [4.78, 5) is 0. The van der Waals surface area contributed by atoms with E-state index in [1.165, 1.54) is 0 Å². The van der Waals surface area contributed by atoms with Crippen LogP contribution < -0.4 is 0 Å². The van der Waals surface area contributed by atoms with Crippen LogP contribution in [0.2, 0.25) is 0 Å². The molecule has 0 saturated heterocycles. The van der Waals surface area contributed by atoms with Gasteiger partial charge in [0.25, 0.3) is 0 Å². The first kappa shape index (κ1) is 4.59. The third-order valence-electron chi connectivity index (χ3n) is 0.833.